The van der Waals surface area contributed by atoms with E-state index in [1.807, 2.05) is 0 Å². The highest BCUT2D eigenvalue weighted by Gasteiger charge is 2.44. The van der Waals surface area contributed by atoms with E-state index in [9.17, 15) is 22.4 Å². The number of hydrogen-bond acceptors (Lipinski definition) is 4. The molecule has 3 rings (SSSR count). The van der Waals surface area contributed by atoms with E-state index in [-0.39, 0.29) is 17.0 Å². The standard InChI is InChI=1S/C22H18F4N2O3/c1-12-9-16(23)7-8-17(12)20(22(24,25)26)31-19-10-18(27-11-28-19)15-5-3-14(4-6-15)13(2)21(29)30/h3-11,13,20H,1-2H3,(H,29,30). The number of halogens is 4. The lowest BCUT2D eigenvalue weighted by atomic mass is 9.99. The highest BCUT2D eigenvalue weighted by molar-refractivity contribution is 5.76. The van der Waals surface area contributed by atoms with Gasteiger partial charge in [0.1, 0.15) is 12.1 Å². The van der Waals surface area contributed by atoms with Gasteiger partial charge in [0.25, 0.3) is 0 Å². The lowest BCUT2D eigenvalue weighted by molar-refractivity contribution is -0.198. The van der Waals surface area contributed by atoms with Gasteiger partial charge in [-0.15, -0.1) is 0 Å². The Bertz CT molecular complexity index is 1080. The predicted octanol–water partition coefficient (Wildman–Crippen LogP) is 5.46. The molecule has 9 heteroatoms. The maximum atomic E-state index is 13.7. The summed E-state index contributed by atoms with van der Waals surface area (Å²) >= 11 is 0. The molecule has 2 aromatic carbocycles. The molecule has 0 saturated carbocycles. The van der Waals surface area contributed by atoms with Gasteiger partial charge < -0.3 is 9.84 Å². The van der Waals surface area contributed by atoms with Crippen molar-refractivity contribution in [3.8, 4) is 17.1 Å². The molecule has 0 amide bonds. The van der Waals surface area contributed by atoms with Crippen LogP contribution in [0.4, 0.5) is 17.6 Å². The molecule has 2 unspecified atom stereocenters. The first-order chi connectivity index (χ1) is 14.6. The lowest BCUT2D eigenvalue weighted by Gasteiger charge is -2.23. The third-order valence-corrected chi connectivity index (χ3v) is 4.77. The quantitative estimate of drug-likeness (QED) is 0.522. The van der Waals surface area contributed by atoms with Crippen LogP contribution in [0.15, 0.2) is 54.9 Å². The molecule has 1 N–H and O–H groups in total. The molecule has 5 nitrogen and oxygen atoms in total. The lowest BCUT2D eigenvalue weighted by Crippen LogP contribution is -2.27. The number of ether oxygens (including phenoxy) is 1. The number of aliphatic carboxylic acids is 1. The van der Waals surface area contributed by atoms with E-state index in [0.29, 0.717) is 16.8 Å². The van der Waals surface area contributed by atoms with E-state index in [1.165, 1.54) is 13.0 Å². The van der Waals surface area contributed by atoms with E-state index >= 15 is 0 Å². The molecular weight excluding hydrogens is 416 g/mol. The molecule has 0 radical (unpaired) electrons. The van der Waals surface area contributed by atoms with Crippen LogP contribution in [-0.2, 0) is 4.79 Å². The molecular formula is C22H18F4N2O3. The van der Waals surface area contributed by atoms with Crippen LogP contribution in [0.2, 0.25) is 0 Å². The summed E-state index contributed by atoms with van der Waals surface area (Å²) in [5.41, 5.74) is 1.30. The Hall–Kier alpha value is -3.49. The van der Waals surface area contributed by atoms with Crippen LogP contribution < -0.4 is 4.74 Å². The largest absolute Gasteiger partial charge is 0.481 e. The van der Waals surface area contributed by atoms with Crippen molar-refractivity contribution in [2.75, 3.05) is 0 Å². The average Bonchev–Trinajstić information content (AvgIpc) is 2.71. The minimum absolute atomic E-state index is 0.0970. The Morgan fingerprint density at radius 3 is 2.32 bits per heavy atom. The topological polar surface area (TPSA) is 72.3 Å². The molecule has 0 aliphatic rings. The van der Waals surface area contributed by atoms with Crippen LogP contribution in [0.5, 0.6) is 5.88 Å². The summed E-state index contributed by atoms with van der Waals surface area (Å²) in [6.45, 7) is 2.91. The van der Waals surface area contributed by atoms with Crippen LogP contribution in [0.3, 0.4) is 0 Å². The number of aromatic nitrogens is 2. The Morgan fingerprint density at radius 2 is 1.74 bits per heavy atom. The number of carbonyl (C=O) groups is 1. The van der Waals surface area contributed by atoms with E-state index in [0.717, 1.165) is 24.5 Å². The van der Waals surface area contributed by atoms with Gasteiger partial charge in [-0.25, -0.2) is 14.4 Å². The fourth-order valence-corrected chi connectivity index (χ4v) is 3.01. The van der Waals surface area contributed by atoms with Crippen LogP contribution in [0, 0.1) is 12.7 Å². The number of nitrogens with zero attached hydrogens (tertiary/aromatic N) is 2. The minimum Gasteiger partial charge on any atom is -0.481 e. The molecule has 0 bridgehead atoms. The Kier molecular flexibility index (Phi) is 6.24. The maximum absolute atomic E-state index is 13.7. The second kappa shape index (κ2) is 8.71. The summed E-state index contributed by atoms with van der Waals surface area (Å²) < 4.78 is 59.5. The zero-order valence-corrected chi connectivity index (χ0v) is 16.5. The van der Waals surface area contributed by atoms with Crippen molar-refractivity contribution in [1.82, 2.24) is 9.97 Å². The zero-order chi connectivity index (χ0) is 22.8. The fraction of sp³-hybridized carbons (Fsp3) is 0.227. The number of hydrogen-bond donors (Lipinski definition) is 1. The molecule has 1 heterocycles. The second-order valence-electron chi connectivity index (χ2n) is 6.96. The van der Waals surface area contributed by atoms with E-state index in [2.05, 4.69) is 9.97 Å². The van der Waals surface area contributed by atoms with Gasteiger partial charge in [-0.3, -0.25) is 4.79 Å². The first-order valence-corrected chi connectivity index (χ1v) is 9.21. The zero-order valence-electron chi connectivity index (χ0n) is 16.5. The van der Waals surface area contributed by atoms with Crippen molar-refractivity contribution >= 4 is 5.97 Å². The molecule has 1 aromatic heterocycles. The number of carboxylic acid groups (broad SMARTS) is 1. The van der Waals surface area contributed by atoms with Crippen molar-refractivity contribution in [3.63, 3.8) is 0 Å². The summed E-state index contributed by atoms with van der Waals surface area (Å²) in [4.78, 5) is 18.9. The minimum atomic E-state index is -4.76. The Morgan fingerprint density at radius 1 is 1.06 bits per heavy atom. The van der Waals surface area contributed by atoms with Gasteiger partial charge in [-0.1, -0.05) is 30.3 Å². The number of alkyl halides is 3. The molecule has 2 atom stereocenters. The van der Waals surface area contributed by atoms with Crippen molar-refractivity contribution in [1.29, 1.82) is 0 Å². The van der Waals surface area contributed by atoms with Crippen LogP contribution in [0.25, 0.3) is 11.3 Å². The molecule has 3 aromatic rings. The molecule has 0 aliphatic carbocycles. The van der Waals surface area contributed by atoms with Gasteiger partial charge in [0.15, 0.2) is 0 Å². The Labute approximate surface area is 175 Å². The van der Waals surface area contributed by atoms with Gasteiger partial charge in [0, 0.05) is 17.2 Å². The summed E-state index contributed by atoms with van der Waals surface area (Å²) in [6, 6.07) is 10.7. The summed E-state index contributed by atoms with van der Waals surface area (Å²) in [5.74, 6) is -2.63. The summed E-state index contributed by atoms with van der Waals surface area (Å²) in [5, 5.41) is 9.09. The number of aryl methyl sites for hydroxylation is 1. The molecule has 0 saturated heterocycles. The van der Waals surface area contributed by atoms with Crippen molar-refractivity contribution < 1.29 is 32.2 Å². The summed E-state index contributed by atoms with van der Waals surface area (Å²) in [7, 11) is 0. The van der Waals surface area contributed by atoms with E-state index < -0.39 is 30.0 Å². The van der Waals surface area contributed by atoms with E-state index in [1.54, 1.807) is 31.2 Å². The van der Waals surface area contributed by atoms with Gasteiger partial charge in [0.2, 0.25) is 12.0 Å². The van der Waals surface area contributed by atoms with Gasteiger partial charge >= 0.3 is 12.1 Å². The van der Waals surface area contributed by atoms with Gasteiger partial charge in [-0.2, -0.15) is 13.2 Å². The third-order valence-electron chi connectivity index (χ3n) is 4.77. The summed E-state index contributed by atoms with van der Waals surface area (Å²) in [6.07, 6.45) is -6.03. The molecule has 0 aliphatic heterocycles. The first kappa shape index (κ1) is 22.2. The fourth-order valence-electron chi connectivity index (χ4n) is 3.01. The normalized spacial score (nSPS) is 13.5. The van der Waals surface area contributed by atoms with Crippen LogP contribution in [0.1, 0.15) is 35.6 Å². The van der Waals surface area contributed by atoms with Crippen LogP contribution in [-0.4, -0.2) is 27.2 Å². The molecule has 0 spiro atoms. The SMILES string of the molecule is Cc1cc(F)ccc1C(Oc1cc(-c2ccc(C(C)C(=O)O)cc2)ncn1)C(F)(F)F. The smallest absolute Gasteiger partial charge is 0.429 e. The van der Waals surface area contributed by atoms with Crippen molar-refractivity contribution in [3.05, 3.63) is 77.4 Å². The maximum Gasteiger partial charge on any atom is 0.429 e. The number of carboxylic acids is 1. The molecule has 0 fully saturated rings. The van der Waals surface area contributed by atoms with Crippen LogP contribution >= 0.6 is 0 Å². The molecule has 162 valence electrons. The average molecular weight is 434 g/mol. The third kappa shape index (κ3) is 5.17. The molecule has 31 heavy (non-hydrogen) atoms. The van der Waals surface area contributed by atoms with Crippen molar-refractivity contribution in [2.45, 2.75) is 32.0 Å². The second-order valence-corrected chi connectivity index (χ2v) is 6.96. The highest BCUT2D eigenvalue weighted by Crippen LogP contribution is 2.38. The monoisotopic (exact) mass is 434 g/mol. The first-order valence-electron chi connectivity index (χ1n) is 9.21. The van der Waals surface area contributed by atoms with E-state index in [4.69, 9.17) is 9.84 Å². The van der Waals surface area contributed by atoms with Gasteiger partial charge in [-0.05, 0) is 37.1 Å². The number of rotatable bonds is 6. The predicted molar refractivity (Wildman–Crippen MR) is 104 cm³/mol. The highest BCUT2D eigenvalue weighted by atomic mass is 19.4. The number of benzene rings is 2. The Balaban J connectivity index is 1.90. The van der Waals surface area contributed by atoms with Crippen molar-refractivity contribution in [2.24, 2.45) is 0 Å². The van der Waals surface area contributed by atoms with Gasteiger partial charge in [0.05, 0.1) is 11.6 Å².